The van der Waals surface area contributed by atoms with Crippen molar-refractivity contribution in [3.05, 3.63) is 135 Å². The summed E-state index contributed by atoms with van der Waals surface area (Å²) in [7, 11) is 3.31. The maximum absolute atomic E-state index is 13.6. The third-order valence-electron chi connectivity index (χ3n) is 7.39. The number of para-hydroxylation sites is 1. The summed E-state index contributed by atoms with van der Waals surface area (Å²) < 4.78 is 6.12. The van der Waals surface area contributed by atoms with Crippen LogP contribution in [0.15, 0.2) is 91.0 Å². The van der Waals surface area contributed by atoms with Crippen LogP contribution in [0.4, 0.5) is 5.69 Å². The average molecular weight is 613 g/mol. The van der Waals surface area contributed by atoms with Crippen LogP contribution in [0.5, 0.6) is 5.75 Å². The van der Waals surface area contributed by atoms with Gasteiger partial charge in [-0.2, -0.15) is 0 Å². The van der Waals surface area contributed by atoms with Gasteiger partial charge in [-0.1, -0.05) is 65.7 Å². The van der Waals surface area contributed by atoms with Crippen molar-refractivity contribution < 1.29 is 14.3 Å². The van der Waals surface area contributed by atoms with Crippen molar-refractivity contribution >= 4 is 51.6 Å². The largest absolute Gasteiger partial charge is 0.487 e. The number of amides is 2. The lowest BCUT2D eigenvalue weighted by atomic mass is 10.0. The van der Waals surface area contributed by atoms with E-state index < -0.39 is 0 Å². The lowest BCUT2D eigenvalue weighted by molar-refractivity contribution is 0.0961. The molecule has 1 heterocycles. The van der Waals surface area contributed by atoms with Crippen molar-refractivity contribution in [1.29, 1.82) is 0 Å². The number of anilines is 1. The minimum absolute atomic E-state index is 0.111. The van der Waals surface area contributed by atoms with Gasteiger partial charge in [-0.05, 0) is 79.4 Å². The van der Waals surface area contributed by atoms with Crippen molar-refractivity contribution in [2.75, 3.05) is 19.0 Å². The van der Waals surface area contributed by atoms with Crippen LogP contribution in [0.25, 0.3) is 10.9 Å². The monoisotopic (exact) mass is 611 g/mol. The Bertz CT molecular complexity index is 1810. The fraction of sp³-hybridized carbons (Fsp3) is 0.171. The molecule has 0 saturated heterocycles. The van der Waals surface area contributed by atoms with Gasteiger partial charge in [-0.25, -0.2) is 4.98 Å². The van der Waals surface area contributed by atoms with E-state index in [1.54, 1.807) is 32.3 Å². The molecule has 6 nitrogen and oxygen atoms in total. The Labute approximate surface area is 261 Å². The van der Waals surface area contributed by atoms with Crippen LogP contribution in [0.3, 0.4) is 0 Å². The van der Waals surface area contributed by atoms with Crippen molar-refractivity contribution in [3.8, 4) is 5.75 Å². The van der Waals surface area contributed by atoms with Gasteiger partial charge in [0, 0.05) is 41.2 Å². The molecule has 0 unspecified atom stereocenters. The fourth-order valence-corrected chi connectivity index (χ4v) is 5.49. The van der Waals surface area contributed by atoms with Crippen LogP contribution in [0.1, 0.15) is 43.1 Å². The van der Waals surface area contributed by atoms with E-state index in [2.05, 4.69) is 10.3 Å². The molecule has 4 aromatic carbocycles. The van der Waals surface area contributed by atoms with Crippen LogP contribution in [-0.4, -0.2) is 30.9 Å². The molecule has 1 aromatic heterocycles. The normalized spacial score (nSPS) is 10.9. The lowest BCUT2D eigenvalue weighted by Crippen LogP contribution is -2.27. The molecule has 0 spiro atoms. The number of carbonyl (C=O) groups excluding carboxylic acids is 2. The first-order valence-corrected chi connectivity index (χ1v) is 14.6. The molecule has 0 radical (unpaired) electrons. The molecule has 0 aliphatic rings. The Kier molecular flexibility index (Phi) is 9.29. The van der Waals surface area contributed by atoms with E-state index >= 15 is 0 Å². The summed E-state index contributed by atoms with van der Waals surface area (Å²) >= 11 is 13.4. The van der Waals surface area contributed by atoms with Gasteiger partial charge < -0.3 is 15.0 Å². The third kappa shape index (κ3) is 6.82. The highest BCUT2D eigenvalue weighted by atomic mass is 35.5. The molecule has 5 aromatic rings. The smallest absolute Gasteiger partial charge is 0.258 e. The summed E-state index contributed by atoms with van der Waals surface area (Å²) in [6, 6.07) is 28.4. The number of rotatable bonds is 9. The fourth-order valence-electron chi connectivity index (χ4n) is 4.88. The highest BCUT2D eigenvalue weighted by Gasteiger charge is 2.20. The van der Waals surface area contributed by atoms with Crippen LogP contribution >= 0.6 is 23.2 Å². The van der Waals surface area contributed by atoms with E-state index in [-0.39, 0.29) is 18.4 Å². The van der Waals surface area contributed by atoms with Gasteiger partial charge in [0.2, 0.25) is 0 Å². The minimum atomic E-state index is -0.192. The van der Waals surface area contributed by atoms with E-state index in [0.717, 1.165) is 40.6 Å². The molecule has 43 heavy (non-hydrogen) atoms. The Morgan fingerprint density at radius 2 is 1.60 bits per heavy atom. The summed E-state index contributed by atoms with van der Waals surface area (Å²) in [5, 5.41) is 4.40. The molecule has 5 rings (SSSR count). The standard InChI is InChI=1S/C35H31Cl2N3O3/c1-22-32(20-26-8-4-5-10-30(26)39-22)43-21-28-29(36)17-18-31(33(28)37)40(3)35(42)27-9-6-7-24(19-27)12-11-23-13-15-25(16-14-23)34(41)38-2/h4-10,13-20H,11-12,21H2,1-3H3,(H,38,41). The molecule has 2 amide bonds. The maximum atomic E-state index is 13.6. The molecule has 0 saturated carbocycles. The van der Waals surface area contributed by atoms with Crippen LogP contribution < -0.4 is 15.0 Å². The second-order valence-electron chi connectivity index (χ2n) is 10.3. The molecule has 1 N–H and O–H groups in total. The summed E-state index contributed by atoms with van der Waals surface area (Å²) in [6.45, 7) is 2.01. The molecule has 8 heteroatoms. The zero-order valence-electron chi connectivity index (χ0n) is 24.2. The minimum Gasteiger partial charge on any atom is -0.487 e. The number of carbonyl (C=O) groups is 2. The number of ether oxygens (including phenoxy) is 1. The van der Waals surface area contributed by atoms with E-state index in [9.17, 15) is 9.59 Å². The summed E-state index contributed by atoms with van der Waals surface area (Å²) in [5.41, 5.74) is 6.09. The molecule has 0 aliphatic carbocycles. The van der Waals surface area contributed by atoms with Gasteiger partial charge in [-0.15, -0.1) is 0 Å². The van der Waals surface area contributed by atoms with E-state index in [1.165, 1.54) is 4.90 Å². The molecular weight excluding hydrogens is 581 g/mol. The number of fused-ring (bicyclic) bond motifs is 1. The van der Waals surface area contributed by atoms with Crippen molar-refractivity contribution in [1.82, 2.24) is 10.3 Å². The number of nitrogens with one attached hydrogen (secondary N) is 1. The Morgan fingerprint density at radius 3 is 2.37 bits per heavy atom. The topological polar surface area (TPSA) is 71.5 Å². The zero-order valence-corrected chi connectivity index (χ0v) is 25.7. The molecule has 0 aliphatic heterocycles. The van der Waals surface area contributed by atoms with Gasteiger partial charge in [0.1, 0.15) is 12.4 Å². The Hall–Kier alpha value is -4.39. The van der Waals surface area contributed by atoms with Gasteiger partial charge >= 0.3 is 0 Å². The quantitative estimate of drug-likeness (QED) is 0.184. The zero-order chi connectivity index (χ0) is 30.5. The summed E-state index contributed by atoms with van der Waals surface area (Å²) in [5.74, 6) is 0.335. The van der Waals surface area contributed by atoms with E-state index in [0.29, 0.717) is 38.2 Å². The lowest BCUT2D eigenvalue weighted by Gasteiger charge is -2.21. The number of aryl methyl sites for hydroxylation is 3. The van der Waals surface area contributed by atoms with Gasteiger partial charge in [-0.3, -0.25) is 9.59 Å². The highest BCUT2D eigenvalue weighted by molar-refractivity contribution is 6.38. The summed E-state index contributed by atoms with van der Waals surface area (Å²) in [6.07, 6.45) is 1.52. The second-order valence-corrected chi connectivity index (χ2v) is 11.0. The third-order valence-corrected chi connectivity index (χ3v) is 8.17. The van der Waals surface area contributed by atoms with Gasteiger partial charge in [0.15, 0.2) is 0 Å². The first-order valence-electron chi connectivity index (χ1n) is 13.9. The maximum Gasteiger partial charge on any atom is 0.258 e. The first kappa shape index (κ1) is 30.1. The SMILES string of the molecule is CNC(=O)c1ccc(CCc2cccc(C(=O)N(C)c3ccc(Cl)c(COc4cc5ccccc5nc4C)c3Cl)c2)cc1. The number of nitrogens with zero attached hydrogens (tertiary/aromatic N) is 2. The molecule has 0 atom stereocenters. The van der Waals surface area contributed by atoms with Crippen molar-refractivity contribution in [2.24, 2.45) is 0 Å². The van der Waals surface area contributed by atoms with Crippen molar-refractivity contribution in [3.63, 3.8) is 0 Å². The van der Waals surface area contributed by atoms with Crippen LogP contribution in [-0.2, 0) is 19.4 Å². The van der Waals surface area contributed by atoms with E-state index in [4.69, 9.17) is 27.9 Å². The predicted molar refractivity (Wildman–Crippen MR) is 174 cm³/mol. The first-order chi connectivity index (χ1) is 20.7. The number of hydrogen-bond acceptors (Lipinski definition) is 4. The van der Waals surface area contributed by atoms with Crippen LogP contribution in [0, 0.1) is 6.92 Å². The number of halogens is 2. The molecule has 0 bridgehead atoms. The number of aromatic nitrogens is 1. The molecule has 0 fully saturated rings. The second kappa shape index (κ2) is 13.3. The van der Waals surface area contributed by atoms with Crippen LogP contribution in [0.2, 0.25) is 10.0 Å². The number of benzene rings is 4. The Balaban J connectivity index is 1.29. The van der Waals surface area contributed by atoms with Gasteiger partial charge in [0.05, 0.1) is 21.9 Å². The average Bonchev–Trinajstić information content (AvgIpc) is 3.03. The Morgan fingerprint density at radius 1 is 0.860 bits per heavy atom. The summed E-state index contributed by atoms with van der Waals surface area (Å²) in [4.78, 5) is 31.5. The molecule has 218 valence electrons. The van der Waals surface area contributed by atoms with E-state index in [1.807, 2.05) is 79.7 Å². The van der Waals surface area contributed by atoms with Gasteiger partial charge in [0.25, 0.3) is 11.8 Å². The number of pyridine rings is 1. The predicted octanol–water partition coefficient (Wildman–Crippen LogP) is 7.85. The number of hydrogen-bond donors (Lipinski definition) is 1. The highest BCUT2D eigenvalue weighted by Crippen LogP contribution is 2.35. The van der Waals surface area contributed by atoms with Crippen molar-refractivity contribution in [2.45, 2.75) is 26.4 Å². The molecular formula is C35H31Cl2N3O3.